The Morgan fingerprint density at radius 3 is 2.69 bits per heavy atom. The van der Waals surface area contributed by atoms with Crippen molar-refractivity contribution in [1.29, 1.82) is 0 Å². The molecule has 0 aromatic carbocycles. The van der Waals surface area contributed by atoms with Gasteiger partial charge >= 0.3 is 12.1 Å². The Hall–Kier alpha value is -1.59. The maximum atomic E-state index is 12.5. The number of carboxylic acids is 1. The molecule has 0 saturated carbocycles. The van der Waals surface area contributed by atoms with E-state index in [4.69, 9.17) is 5.11 Å². The van der Waals surface area contributed by atoms with E-state index in [1.165, 1.54) is 19.1 Å². The quantitative estimate of drug-likeness (QED) is 0.871. The maximum absolute atomic E-state index is 12.5. The summed E-state index contributed by atoms with van der Waals surface area (Å²) in [4.78, 5) is 13.8. The average molecular weight is 233 g/mol. The van der Waals surface area contributed by atoms with Gasteiger partial charge in [0.1, 0.15) is 5.69 Å². The molecule has 6 heteroatoms. The molecule has 16 heavy (non-hydrogen) atoms. The van der Waals surface area contributed by atoms with E-state index in [1.54, 1.807) is 0 Å². The van der Waals surface area contributed by atoms with E-state index in [0.717, 1.165) is 6.20 Å². The molecule has 1 atom stereocenters. The van der Waals surface area contributed by atoms with Crippen LogP contribution in [0.4, 0.5) is 13.2 Å². The number of hydrogen-bond acceptors (Lipinski definition) is 2. The summed E-state index contributed by atoms with van der Waals surface area (Å²) < 4.78 is 37.5. The van der Waals surface area contributed by atoms with Crippen LogP contribution in [0.5, 0.6) is 0 Å². The lowest BCUT2D eigenvalue weighted by atomic mass is 10.00. The Labute approximate surface area is 89.9 Å². The topological polar surface area (TPSA) is 50.2 Å². The van der Waals surface area contributed by atoms with Gasteiger partial charge in [0, 0.05) is 6.20 Å². The molecular formula is C10H10F3NO2. The van der Waals surface area contributed by atoms with Crippen LogP contribution in [0, 0.1) is 5.92 Å². The van der Waals surface area contributed by atoms with E-state index in [1.807, 2.05) is 0 Å². The summed E-state index contributed by atoms with van der Waals surface area (Å²) in [5.74, 6) is -2.00. The number of hydrogen-bond donors (Lipinski definition) is 1. The first kappa shape index (κ1) is 12.5. The van der Waals surface area contributed by atoms with Crippen LogP contribution in [0.2, 0.25) is 0 Å². The van der Waals surface area contributed by atoms with Gasteiger partial charge in [0.2, 0.25) is 0 Å². The Bertz CT molecular complexity index is 390. The smallest absolute Gasteiger partial charge is 0.433 e. The molecule has 1 unspecified atom stereocenters. The molecule has 0 bridgehead atoms. The van der Waals surface area contributed by atoms with Gasteiger partial charge < -0.3 is 5.11 Å². The van der Waals surface area contributed by atoms with Gasteiger partial charge in [-0.2, -0.15) is 13.2 Å². The van der Waals surface area contributed by atoms with Gasteiger partial charge in [0.05, 0.1) is 5.92 Å². The van der Waals surface area contributed by atoms with Crippen molar-refractivity contribution in [1.82, 2.24) is 4.98 Å². The molecule has 0 radical (unpaired) electrons. The Balaban J connectivity index is 3.01. The fourth-order valence-corrected chi connectivity index (χ4v) is 1.28. The summed E-state index contributed by atoms with van der Waals surface area (Å²) >= 11 is 0. The number of aliphatic carboxylic acids is 1. The minimum Gasteiger partial charge on any atom is -0.481 e. The summed E-state index contributed by atoms with van der Waals surface area (Å²) in [5.41, 5.74) is -1.10. The molecule has 1 aromatic rings. The van der Waals surface area contributed by atoms with E-state index < -0.39 is 23.8 Å². The van der Waals surface area contributed by atoms with E-state index in [0.29, 0.717) is 0 Å². The predicted molar refractivity (Wildman–Crippen MR) is 49.7 cm³/mol. The number of pyridine rings is 1. The molecule has 1 rings (SSSR count). The summed E-state index contributed by atoms with van der Waals surface area (Å²) in [5, 5.41) is 8.64. The van der Waals surface area contributed by atoms with Crippen LogP contribution in [0.1, 0.15) is 18.2 Å². The van der Waals surface area contributed by atoms with Crippen LogP contribution in [0.15, 0.2) is 18.3 Å². The second-order valence-corrected chi connectivity index (χ2v) is 3.45. The third kappa shape index (κ3) is 2.95. The third-order valence-electron chi connectivity index (χ3n) is 2.11. The highest BCUT2D eigenvalue weighted by Gasteiger charge is 2.35. The van der Waals surface area contributed by atoms with Crippen molar-refractivity contribution in [2.75, 3.05) is 0 Å². The number of alkyl halides is 3. The molecule has 88 valence electrons. The lowest BCUT2D eigenvalue weighted by Gasteiger charge is -2.12. The summed E-state index contributed by atoms with van der Waals surface area (Å²) in [7, 11) is 0. The third-order valence-corrected chi connectivity index (χ3v) is 2.11. The maximum Gasteiger partial charge on any atom is 0.433 e. The van der Waals surface area contributed by atoms with Gasteiger partial charge in [0.25, 0.3) is 0 Å². The SMILES string of the molecule is CC(Cc1cccnc1C(F)(F)F)C(=O)O. The van der Waals surface area contributed by atoms with Crippen molar-refractivity contribution in [3.63, 3.8) is 0 Å². The van der Waals surface area contributed by atoms with Crippen molar-refractivity contribution >= 4 is 5.97 Å². The standard InChI is InChI=1S/C10H10F3NO2/c1-6(9(15)16)5-7-3-2-4-14-8(7)10(11,12)13/h2-4,6H,5H2,1H3,(H,15,16). The predicted octanol–water partition coefficient (Wildman–Crippen LogP) is 2.36. The average Bonchev–Trinajstić information content (AvgIpc) is 2.16. The van der Waals surface area contributed by atoms with Crippen molar-refractivity contribution < 1.29 is 23.1 Å². The van der Waals surface area contributed by atoms with Crippen LogP contribution >= 0.6 is 0 Å². The first-order valence-corrected chi connectivity index (χ1v) is 4.56. The second-order valence-electron chi connectivity index (χ2n) is 3.45. The number of nitrogens with zero attached hydrogens (tertiary/aromatic N) is 1. The number of carboxylic acid groups (broad SMARTS) is 1. The molecule has 0 amide bonds. The number of rotatable bonds is 3. The van der Waals surface area contributed by atoms with E-state index in [9.17, 15) is 18.0 Å². The minimum atomic E-state index is -4.55. The van der Waals surface area contributed by atoms with Gasteiger partial charge in [-0.25, -0.2) is 0 Å². The van der Waals surface area contributed by atoms with Gasteiger partial charge in [-0.3, -0.25) is 9.78 Å². The van der Waals surface area contributed by atoms with Crippen LogP contribution in [0.3, 0.4) is 0 Å². The summed E-state index contributed by atoms with van der Waals surface area (Å²) in [6.45, 7) is 1.36. The van der Waals surface area contributed by atoms with Crippen molar-refractivity contribution in [3.05, 3.63) is 29.6 Å². The zero-order valence-corrected chi connectivity index (χ0v) is 8.45. The number of halogens is 3. The highest BCUT2D eigenvalue weighted by Crippen LogP contribution is 2.31. The molecule has 0 saturated heterocycles. The zero-order chi connectivity index (χ0) is 12.3. The monoisotopic (exact) mass is 233 g/mol. The lowest BCUT2D eigenvalue weighted by molar-refractivity contribution is -0.144. The lowest BCUT2D eigenvalue weighted by Crippen LogP contribution is -2.17. The molecule has 0 fully saturated rings. The molecule has 0 aliphatic heterocycles. The van der Waals surface area contributed by atoms with Gasteiger partial charge in [0.15, 0.2) is 0 Å². The van der Waals surface area contributed by atoms with E-state index in [-0.39, 0.29) is 12.0 Å². The first-order chi connectivity index (χ1) is 7.32. The molecule has 0 spiro atoms. The summed E-state index contributed by atoms with van der Waals surface area (Å²) in [6.07, 6.45) is -3.69. The van der Waals surface area contributed by atoms with Crippen LogP contribution < -0.4 is 0 Å². The summed E-state index contributed by atoms with van der Waals surface area (Å²) in [6, 6.07) is 2.61. The van der Waals surface area contributed by atoms with E-state index in [2.05, 4.69) is 4.98 Å². The van der Waals surface area contributed by atoms with Crippen LogP contribution in [-0.2, 0) is 17.4 Å². The minimum absolute atomic E-state index is 0.0927. The normalized spacial score (nSPS) is 13.5. The highest BCUT2D eigenvalue weighted by molar-refractivity contribution is 5.69. The van der Waals surface area contributed by atoms with Crippen molar-refractivity contribution in [2.24, 2.45) is 5.92 Å². The molecule has 1 aromatic heterocycles. The van der Waals surface area contributed by atoms with E-state index >= 15 is 0 Å². The highest BCUT2D eigenvalue weighted by atomic mass is 19.4. The Morgan fingerprint density at radius 2 is 2.19 bits per heavy atom. The van der Waals surface area contributed by atoms with Crippen molar-refractivity contribution in [2.45, 2.75) is 19.5 Å². The number of aromatic nitrogens is 1. The van der Waals surface area contributed by atoms with Crippen molar-refractivity contribution in [3.8, 4) is 0 Å². The molecular weight excluding hydrogens is 223 g/mol. The second kappa shape index (κ2) is 4.51. The van der Waals surface area contributed by atoms with Crippen LogP contribution in [0.25, 0.3) is 0 Å². The fraction of sp³-hybridized carbons (Fsp3) is 0.400. The first-order valence-electron chi connectivity index (χ1n) is 4.56. The van der Waals surface area contributed by atoms with Gasteiger partial charge in [-0.05, 0) is 18.1 Å². The van der Waals surface area contributed by atoms with Gasteiger partial charge in [-0.1, -0.05) is 13.0 Å². The number of carbonyl (C=O) groups is 1. The molecule has 0 aliphatic rings. The molecule has 1 N–H and O–H groups in total. The van der Waals surface area contributed by atoms with Gasteiger partial charge in [-0.15, -0.1) is 0 Å². The molecule has 1 heterocycles. The Kier molecular flexibility index (Phi) is 3.51. The molecule has 3 nitrogen and oxygen atoms in total. The zero-order valence-electron chi connectivity index (χ0n) is 8.45. The van der Waals surface area contributed by atoms with Crippen LogP contribution in [-0.4, -0.2) is 16.1 Å². The largest absolute Gasteiger partial charge is 0.481 e. The molecule has 0 aliphatic carbocycles. The Morgan fingerprint density at radius 1 is 1.56 bits per heavy atom. The fourth-order valence-electron chi connectivity index (χ4n) is 1.28.